The summed E-state index contributed by atoms with van der Waals surface area (Å²) in [6.07, 6.45) is 4.31. The van der Waals surface area contributed by atoms with Crippen LogP contribution in [0.5, 0.6) is 0 Å². The number of nitrogens with one attached hydrogen (secondary N) is 2. The first-order valence-corrected chi connectivity index (χ1v) is 10.2. The van der Waals surface area contributed by atoms with E-state index in [1.54, 1.807) is 18.7 Å². The minimum Gasteiger partial charge on any atom is -0.463 e. The predicted molar refractivity (Wildman–Crippen MR) is 102 cm³/mol. The second-order valence-electron chi connectivity index (χ2n) is 6.40. The molecule has 3 rings (SSSR count). The first-order chi connectivity index (χ1) is 12.6. The zero-order valence-corrected chi connectivity index (χ0v) is 16.0. The molecule has 1 saturated heterocycles. The zero-order chi connectivity index (χ0) is 18.5. The first kappa shape index (κ1) is 18.8. The molecule has 0 saturated carbocycles. The minimum absolute atomic E-state index is 0.286. The molecule has 0 aliphatic carbocycles. The van der Waals surface area contributed by atoms with Gasteiger partial charge in [-0.3, -0.25) is 4.90 Å². The van der Waals surface area contributed by atoms with E-state index in [0.29, 0.717) is 24.4 Å². The van der Waals surface area contributed by atoms with E-state index >= 15 is 0 Å². The van der Waals surface area contributed by atoms with Crippen LogP contribution in [-0.4, -0.2) is 49.4 Å². The number of urea groups is 1. The normalized spacial score (nSPS) is 20.7. The zero-order valence-electron chi connectivity index (χ0n) is 15.2. The summed E-state index contributed by atoms with van der Waals surface area (Å²) in [5, 5.41) is 5.72. The maximum absolute atomic E-state index is 12.7. The summed E-state index contributed by atoms with van der Waals surface area (Å²) < 4.78 is 5.30. The monoisotopic (exact) mass is 375 g/mol. The van der Waals surface area contributed by atoms with E-state index in [1.807, 2.05) is 30.5 Å². The molecule has 2 amide bonds. The number of thioether (sulfide) groups is 1. The van der Waals surface area contributed by atoms with Crippen LogP contribution in [-0.2, 0) is 9.53 Å². The summed E-state index contributed by atoms with van der Waals surface area (Å²) in [6.45, 7) is 4.61. The minimum atomic E-state index is -0.503. The van der Waals surface area contributed by atoms with E-state index < -0.39 is 6.04 Å². The van der Waals surface area contributed by atoms with E-state index in [0.717, 1.165) is 36.4 Å². The molecule has 2 aliphatic rings. The molecule has 0 bridgehead atoms. The van der Waals surface area contributed by atoms with Crippen molar-refractivity contribution in [3.63, 3.8) is 0 Å². The molecule has 7 heteroatoms. The van der Waals surface area contributed by atoms with Crippen molar-refractivity contribution in [3.8, 4) is 0 Å². The van der Waals surface area contributed by atoms with E-state index in [2.05, 4.69) is 15.5 Å². The maximum Gasteiger partial charge on any atom is 0.338 e. The molecule has 2 aliphatic heterocycles. The Hall–Kier alpha value is -1.99. The van der Waals surface area contributed by atoms with Crippen molar-refractivity contribution in [2.45, 2.75) is 30.7 Å². The van der Waals surface area contributed by atoms with Gasteiger partial charge in [0.15, 0.2) is 0 Å². The highest BCUT2D eigenvalue weighted by Crippen LogP contribution is 2.29. The lowest BCUT2D eigenvalue weighted by molar-refractivity contribution is -0.139. The predicted octanol–water partition coefficient (Wildman–Crippen LogP) is 2.68. The standard InChI is InChI=1S/C19H25N3O3S/c1-3-25-18(23)16-15(12-22-10-4-5-11-22)20-19(24)21-17(16)13-6-8-14(26-2)9-7-13/h6-9,17H,3-5,10-12H2,1-2H3,(H2,20,21,24)/t17-/m1/s1. The number of amides is 2. The van der Waals surface area contributed by atoms with Crippen molar-refractivity contribution in [3.05, 3.63) is 41.1 Å². The van der Waals surface area contributed by atoms with Gasteiger partial charge in [0.25, 0.3) is 0 Å². The molecule has 1 aromatic rings. The molecule has 1 atom stereocenters. The van der Waals surface area contributed by atoms with E-state index in [9.17, 15) is 9.59 Å². The van der Waals surface area contributed by atoms with Crippen molar-refractivity contribution in [2.24, 2.45) is 0 Å². The number of rotatable bonds is 6. The van der Waals surface area contributed by atoms with Crippen molar-refractivity contribution in [2.75, 3.05) is 32.5 Å². The van der Waals surface area contributed by atoms with Gasteiger partial charge in [-0.25, -0.2) is 9.59 Å². The number of carbonyl (C=O) groups is 2. The van der Waals surface area contributed by atoms with Crippen LogP contribution >= 0.6 is 11.8 Å². The highest BCUT2D eigenvalue weighted by Gasteiger charge is 2.34. The van der Waals surface area contributed by atoms with Crippen molar-refractivity contribution in [1.82, 2.24) is 15.5 Å². The van der Waals surface area contributed by atoms with E-state index in [4.69, 9.17) is 4.74 Å². The molecular weight excluding hydrogens is 350 g/mol. The van der Waals surface area contributed by atoms with Crippen LogP contribution in [0, 0.1) is 0 Å². The summed E-state index contributed by atoms with van der Waals surface area (Å²) in [7, 11) is 0. The summed E-state index contributed by atoms with van der Waals surface area (Å²) in [6, 6.07) is 7.11. The Balaban J connectivity index is 1.97. The third-order valence-corrected chi connectivity index (χ3v) is 5.42. The van der Waals surface area contributed by atoms with Crippen LogP contribution < -0.4 is 10.6 Å². The van der Waals surface area contributed by atoms with Gasteiger partial charge < -0.3 is 15.4 Å². The van der Waals surface area contributed by atoms with Gasteiger partial charge in [0.2, 0.25) is 0 Å². The smallest absolute Gasteiger partial charge is 0.338 e. The fourth-order valence-corrected chi connectivity index (χ4v) is 3.81. The number of carbonyl (C=O) groups excluding carboxylic acids is 2. The number of ether oxygens (including phenoxy) is 1. The van der Waals surface area contributed by atoms with Gasteiger partial charge in [-0.2, -0.15) is 0 Å². The lowest BCUT2D eigenvalue weighted by Gasteiger charge is -2.31. The molecule has 0 unspecified atom stereocenters. The van der Waals surface area contributed by atoms with E-state index in [1.165, 1.54) is 0 Å². The molecule has 140 valence electrons. The number of nitrogens with zero attached hydrogens (tertiary/aromatic N) is 1. The number of likely N-dealkylation sites (tertiary alicyclic amines) is 1. The quantitative estimate of drug-likeness (QED) is 0.591. The number of hydrogen-bond acceptors (Lipinski definition) is 5. The Morgan fingerprint density at radius 1 is 1.27 bits per heavy atom. The molecular formula is C19H25N3O3S. The third kappa shape index (κ3) is 4.22. The first-order valence-electron chi connectivity index (χ1n) is 8.96. The van der Waals surface area contributed by atoms with Gasteiger partial charge in [0, 0.05) is 17.1 Å². The van der Waals surface area contributed by atoms with Crippen molar-refractivity contribution >= 4 is 23.8 Å². The van der Waals surface area contributed by atoms with Crippen molar-refractivity contribution < 1.29 is 14.3 Å². The molecule has 26 heavy (non-hydrogen) atoms. The highest BCUT2D eigenvalue weighted by molar-refractivity contribution is 7.98. The lowest BCUT2D eigenvalue weighted by Crippen LogP contribution is -2.48. The topological polar surface area (TPSA) is 70.7 Å². The molecule has 2 heterocycles. The Labute approximate surface area is 158 Å². The Morgan fingerprint density at radius 3 is 2.58 bits per heavy atom. The number of benzene rings is 1. The van der Waals surface area contributed by atoms with Crippen LogP contribution in [0.3, 0.4) is 0 Å². The Kier molecular flexibility index (Phi) is 6.21. The third-order valence-electron chi connectivity index (χ3n) is 4.68. The molecule has 1 aromatic carbocycles. The fraction of sp³-hybridized carbons (Fsp3) is 0.474. The van der Waals surface area contributed by atoms with Crippen LogP contribution in [0.2, 0.25) is 0 Å². The second kappa shape index (κ2) is 8.60. The van der Waals surface area contributed by atoms with Gasteiger partial charge in [-0.05, 0) is 56.8 Å². The largest absolute Gasteiger partial charge is 0.463 e. The Bertz CT molecular complexity index is 696. The summed E-state index contributed by atoms with van der Waals surface area (Å²) >= 11 is 1.65. The van der Waals surface area contributed by atoms with Gasteiger partial charge in [-0.15, -0.1) is 11.8 Å². The molecule has 0 radical (unpaired) electrons. The lowest BCUT2D eigenvalue weighted by atomic mass is 9.95. The van der Waals surface area contributed by atoms with Gasteiger partial charge in [0.05, 0.1) is 18.2 Å². The van der Waals surface area contributed by atoms with Gasteiger partial charge in [-0.1, -0.05) is 12.1 Å². The van der Waals surface area contributed by atoms with Crippen LogP contribution in [0.4, 0.5) is 4.79 Å². The summed E-state index contributed by atoms with van der Waals surface area (Å²) in [5.41, 5.74) is 2.02. The van der Waals surface area contributed by atoms with Crippen LogP contribution in [0.15, 0.2) is 40.4 Å². The van der Waals surface area contributed by atoms with E-state index in [-0.39, 0.29) is 12.0 Å². The molecule has 2 N–H and O–H groups in total. The second-order valence-corrected chi connectivity index (χ2v) is 7.28. The Morgan fingerprint density at radius 2 is 1.96 bits per heavy atom. The van der Waals surface area contributed by atoms with Gasteiger partial charge in [0.1, 0.15) is 0 Å². The van der Waals surface area contributed by atoms with Crippen LogP contribution in [0.25, 0.3) is 0 Å². The van der Waals surface area contributed by atoms with Crippen LogP contribution in [0.1, 0.15) is 31.4 Å². The average Bonchev–Trinajstić information content (AvgIpc) is 3.14. The SMILES string of the molecule is CCOC(=O)C1=C(CN2CCCC2)NC(=O)N[C@@H]1c1ccc(SC)cc1. The number of esters is 1. The fourth-order valence-electron chi connectivity index (χ4n) is 3.40. The summed E-state index contributed by atoms with van der Waals surface area (Å²) in [5.74, 6) is -0.381. The molecule has 0 spiro atoms. The van der Waals surface area contributed by atoms with Crippen molar-refractivity contribution in [1.29, 1.82) is 0 Å². The molecule has 0 aromatic heterocycles. The molecule has 6 nitrogen and oxygen atoms in total. The molecule has 1 fully saturated rings. The highest BCUT2D eigenvalue weighted by atomic mass is 32.2. The maximum atomic E-state index is 12.7. The van der Waals surface area contributed by atoms with Gasteiger partial charge >= 0.3 is 12.0 Å². The number of hydrogen-bond donors (Lipinski definition) is 2. The summed E-state index contributed by atoms with van der Waals surface area (Å²) in [4.78, 5) is 28.3. The average molecular weight is 375 g/mol.